The molecule has 2 aromatic rings. The topological polar surface area (TPSA) is 35.6 Å². The highest BCUT2D eigenvalue weighted by Crippen LogP contribution is 2.20. The van der Waals surface area contributed by atoms with Gasteiger partial charge in [0.1, 0.15) is 0 Å². The summed E-state index contributed by atoms with van der Waals surface area (Å²) < 4.78 is 1.10. The summed E-state index contributed by atoms with van der Waals surface area (Å²) in [6.07, 6.45) is 0. The highest BCUT2D eigenvalue weighted by Gasteiger charge is 2.18. The maximum Gasteiger partial charge on any atom is 0.219 e. The van der Waals surface area contributed by atoms with Gasteiger partial charge in [0, 0.05) is 55.5 Å². The van der Waals surface area contributed by atoms with Crippen molar-refractivity contribution in [1.82, 2.24) is 4.90 Å². The van der Waals surface area contributed by atoms with Crippen molar-refractivity contribution in [3.63, 3.8) is 0 Å². The number of nitrogens with zero attached hydrogens (tertiary/aromatic N) is 2. The first kappa shape index (κ1) is 16.8. The summed E-state index contributed by atoms with van der Waals surface area (Å²) >= 11 is 3.50. The number of rotatable bonds is 4. The zero-order chi connectivity index (χ0) is 16.9. The van der Waals surface area contributed by atoms with Gasteiger partial charge in [0.25, 0.3) is 0 Å². The summed E-state index contributed by atoms with van der Waals surface area (Å²) in [4.78, 5) is 15.6. The largest absolute Gasteiger partial charge is 0.381 e. The normalized spacial score (nSPS) is 14.6. The fourth-order valence-electron chi connectivity index (χ4n) is 2.92. The van der Waals surface area contributed by atoms with Gasteiger partial charge in [-0.25, -0.2) is 0 Å². The van der Waals surface area contributed by atoms with E-state index in [4.69, 9.17) is 0 Å². The Morgan fingerprint density at radius 3 is 2.42 bits per heavy atom. The Bertz CT molecular complexity index is 694. The number of hydrogen-bond donors (Lipinski definition) is 1. The molecule has 0 atom stereocenters. The lowest BCUT2D eigenvalue weighted by molar-refractivity contribution is -0.129. The van der Waals surface area contributed by atoms with Crippen LogP contribution in [0.4, 0.5) is 11.4 Å². The quantitative estimate of drug-likeness (QED) is 0.867. The maximum absolute atomic E-state index is 11.4. The van der Waals surface area contributed by atoms with Gasteiger partial charge < -0.3 is 15.1 Å². The molecule has 1 heterocycles. The van der Waals surface area contributed by atoms with E-state index in [-0.39, 0.29) is 5.91 Å². The SMILES string of the molecule is CC(=O)N1CCN(c2ccc(NCc3cccc(Br)c3)cc2)CC1. The molecule has 1 amide bonds. The zero-order valence-corrected chi connectivity index (χ0v) is 15.4. The van der Waals surface area contributed by atoms with E-state index in [1.165, 1.54) is 11.3 Å². The van der Waals surface area contributed by atoms with Crippen LogP contribution in [0.15, 0.2) is 53.0 Å². The van der Waals surface area contributed by atoms with E-state index in [0.29, 0.717) is 0 Å². The minimum Gasteiger partial charge on any atom is -0.381 e. The first-order chi connectivity index (χ1) is 11.6. The Labute approximate surface area is 151 Å². The fourth-order valence-corrected chi connectivity index (χ4v) is 3.37. The molecule has 0 radical (unpaired) electrons. The zero-order valence-electron chi connectivity index (χ0n) is 13.8. The van der Waals surface area contributed by atoms with Gasteiger partial charge in [-0.1, -0.05) is 28.1 Å². The third-order valence-corrected chi connectivity index (χ3v) is 4.84. The van der Waals surface area contributed by atoms with Crippen LogP contribution < -0.4 is 10.2 Å². The minimum atomic E-state index is 0.168. The summed E-state index contributed by atoms with van der Waals surface area (Å²) in [7, 11) is 0. The first-order valence-electron chi connectivity index (χ1n) is 8.21. The van der Waals surface area contributed by atoms with Gasteiger partial charge in [-0.15, -0.1) is 0 Å². The Hall–Kier alpha value is -2.01. The van der Waals surface area contributed by atoms with Crippen molar-refractivity contribution in [2.24, 2.45) is 0 Å². The first-order valence-corrected chi connectivity index (χ1v) is 9.00. The van der Waals surface area contributed by atoms with Crippen LogP contribution in [0, 0.1) is 0 Å². The Balaban J connectivity index is 1.55. The van der Waals surface area contributed by atoms with E-state index in [0.717, 1.165) is 42.9 Å². The molecule has 126 valence electrons. The molecule has 1 aliphatic rings. The van der Waals surface area contributed by atoms with E-state index in [9.17, 15) is 4.79 Å². The van der Waals surface area contributed by atoms with Crippen molar-refractivity contribution in [1.29, 1.82) is 0 Å². The molecule has 1 fully saturated rings. The van der Waals surface area contributed by atoms with Crippen LogP contribution in [0.25, 0.3) is 0 Å². The van der Waals surface area contributed by atoms with Crippen LogP contribution in [0.2, 0.25) is 0 Å². The van der Waals surface area contributed by atoms with Crippen LogP contribution in [0.1, 0.15) is 12.5 Å². The third kappa shape index (κ3) is 4.29. The third-order valence-electron chi connectivity index (χ3n) is 4.34. The number of anilines is 2. The van der Waals surface area contributed by atoms with Crippen molar-refractivity contribution < 1.29 is 4.79 Å². The molecule has 2 aromatic carbocycles. The summed E-state index contributed by atoms with van der Waals surface area (Å²) in [5.74, 6) is 0.168. The van der Waals surface area contributed by atoms with Crippen LogP contribution in [0.3, 0.4) is 0 Å². The summed E-state index contributed by atoms with van der Waals surface area (Å²) in [5, 5.41) is 3.45. The van der Waals surface area contributed by atoms with Crippen LogP contribution in [-0.4, -0.2) is 37.0 Å². The fraction of sp³-hybridized carbons (Fsp3) is 0.316. The summed E-state index contributed by atoms with van der Waals surface area (Å²) in [6.45, 7) is 5.84. The van der Waals surface area contributed by atoms with Crippen molar-refractivity contribution in [3.05, 3.63) is 58.6 Å². The monoisotopic (exact) mass is 387 g/mol. The number of piperazine rings is 1. The van der Waals surface area contributed by atoms with Gasteiger partial charge in [-0.05, 0) is 42.0 Å². The molecule has 3 rings (SSSR count). The average Bonchev–Trinajstić information content (AvgIpc) is 2.61. The lowest BCUT2D eigenvalue weighted by Crippen LogP contribution is -2.48. The number of benzene rings is 2. The van der Waals surface area contributed by atoms with Crippen molar-refractivity contribution in [3.8, 4) is 0 Å². The highest BCUT2D eigenvalue weighted by atomic mass is 79.9. The molecular formula is C19H22BrN3O. The van der Waals surface area contributed by atoms with Crippen LogP contribution >= 0.6 is 15.9 Å². The molecule has 1 aliphatic heterocycles. The molecule has 4 nitrogen and oxygen atoms in total. The Kier molecular flexibility index (Phi) is 5.41. The van der Waals surface area contributed by atoms with E-state index >= 15 is 0 Å². The number of hydrogen-bond acceptors (Lipinski definition) is 3. The minimum absolute atomic E-state index is 0.168. The lowest BCUT2D eigenvalue weighted by atomic mass is 10.2. The standard InChI is InChI=1S/C19H22BrN3O/c1-15(24)22-9-11-23(12-10-22)19-7-5-18(6-8-19)21-14-16-3-2-4-17(20)13-16/h2-8,13,21H,9-12,14H2,1H3. The summed E-state index contributed by atoms with van der Waals surface area (Å²) in [6, 6.07) is 16.8. The van der Waals surface area contributed by atoms with Crippen LogP contribution in [-0.2, 0) is 11.3 Å². The van der Waals surface area contributed by atoms with Crippen molar-refractivity contribution in [2.45, 2.75) is 13.5 Å². The number of carbonyl (C=O) groups excluding carboxylic acids is 1. The molecule has 1 saturated heterocycles. The molecule has 0 saturated carbocycles. The van der Waals surface area contributed by atoms with Gasteiger partial charge in [0.15, 0.2) is 0 Å². The number of halogens is 1. The highest BCUT2D eigenvalue weighted by molar-refractivity contribution is 9.10. The van der Waals surface area contributed by atoms with Crippen molar-refractivity contribution in [2.75, 3.05) is 36.4 Å². The second kappa shape index (κ2) is 7.71. The second-order valence-electron chi connectivity index (χ2n) is 6.02. The van der Waals surface area contributed by atoms with E-state index in [1.807, 2.05) is 17.0 Å². The average molecular weight is 388 g/mol. The van der Waals surface area contributed by atoms with E-state index < -0.39 is 0 Å². The Morgan fingerprint density at radius 1 is 1.08 bits per heavy atom. The van der Waals surface area contributed by atoms with Gasteiger partial charge in [0.05, 0.1) is 0 Å². The molecule has 0 bridgehead atoms. The molecule has 0 aromatic heterocycles. The maximum atomic E-state index is 11.4. The van der Waals surface area contributed by atoms with Crippen LogP contribution in [0.5, 0.6) is 0 Å². The predicted octanol–water partition coefficient (Wildman–Crippen LogP) is 3.73. The molecule has 0 aliphatic carbocycles. The lowest BCUT2D eigenvalue weighted by Gasteiger charge is -2.35. The van der Waals surface area contributed by atoms with E-state index in [2.05, 4.69) is 62.5 Å². The number of amides is 1. The van der Waals surface area contributed by atoms with Crippen molar-refractivity contribution >= 4 is 33.2 Å². The summed E-state index contributed by atoms with van der Waals surface area (Å²) in [5.41, 5.74) is 3.57. The second-order valence-corrected chi connectivity index (χ2v) is 6.94. The molecule has 1 N–H and O–H groups in total. The Morgan fingerprint density at radius 2 is 1.79 bits per heavy atom. The van der Waals surface area contributed by atoms with Gasteiger partial charge in [-0.2, -0.15) is 0 Å². The van der Waals surface area contributed by atoms with Gasteiger partial charge in [0.2, 0.25) is 5.91 Å². The smallest absolute Gasteiger partial charge is 0.219 e. The molecular weight excluding hydrogens is 366 g/mol. The molecule has 0 spiro atoms. The van der Waals surface area contributed by atoms with Gasteiger partial charge in [-0.3, -0.25) is 4.79 Å². The molecule has 0 unspecified atom stereocenters. The number of nitrogens with one attached hydrogen (secondary N) is 1. The van der Waals surface area contributed by atoms with E-state index in [1.54, 1.807) is 6.92 Å². The molecule has 24 heavy (non-hydrogen) atoms. The van der Waals surface area contributed by atoms with Gasteiger partial charge >= 0.3 is 0 Å². The molecule has 5 heteroatoms. The predicted molar refractivity (Wildman–Crippen MR) is 102 cm³/mol. The number of carbonyl (C=O) groups is 1.